The lowest BCUT2D eigenvalue weighted by Gasteiger charge is -2.10. The number of aromatic nitrogens is 3. The van der Waals surface area contributed by atoms with Gasteiger partial charge in [0.15, 0.2) is 5.82 Å². The van der Waals surface area contributed by atoms with E-state index in [1.54, 1.807) is 30.6 Å². The summed E-state index contributed by atoms with van der Waals surface area (Å²) in [5, 5.41) is 8.19. The molecule has 122 valence electrons. The molecule has 0 aliphatic rings. The first-order chi connectivity index (χ1) is 12.3. The second-order valence-corrected chi connectivity index (χ2v) is 5.22. The number of para-hydroxylation sites is 2. The number of carbonyl (C=O) groups is 1. The molecule has 0 saturated carbocycles. The number of hydrogen-bond acceptors (Lipinski definition) is 5. The Morgan fingerprint density at radius 1 is 0.960 bits per heavy atom. The average Bonchev–Trinajstić information content (AvgIpc) is 3.35. The van der Waals surface area contributed by atoms with Crippen LogP contribution in [0.15, 0.2) is 83.7 Å². The van der Waals surface area contributed by atoms with Gasteiger partial charge in [-0.1, -0.05) is 30.3 Å². The summed E-state index contributed by atoms with van der Waals surface area (Å²) in [4.78, 5) is 12.2. The summed E-state index contributed by atoms with van der Waals surface area (Å²) in [6, 6.07) is 20.1. The normalized spacial score (nSPS) is 10.6. The zero-order valence-corrected chi connectivity index (χ0v) is 13.1. The highest BCUT2D eigenvalue weighted by molar-refractivity contribution is 5.89. The van der Waals surface area contributed by atoms with E-state index in [4.69, 9.17) is 9.15 Å². The minimum atomic E-state index is -0.566. The first-order valence-electron chi connectivity index (χ1n) is 7.63. The molecule has 0 bridgehead atoms. The molecule has 0 saturated heterocycles. The zero-order chi connectivity index (χ0) is 17.1. The number of nitrogens with zero attached hydrogens (tertiary/aromatic N) is 3. The van der Waals surface area contributed by atoms with Gasteiger partial charge in [0.2, 0.25) is 5.76 Å². The van der Waals surface area contributed by atoms with Crippen molar-refractivity contribution < 1.29 is 13.9 Å². The monoisotopic (exact) mass is 331 g/mol. The standard InChI is InChI=1S/C19H13N3O3/c23-19(17-11-6-12-24-17)25-16-10-5-4-9-15(16)18-21-20-13-22(18)14-7-2-1-3-8-14/h1-13H. The van der Waals surface area contributed by atoms with Gasteiger partial charge in [-0.05, 0) is 36.4 Å². The molecule has 4 aromatic rings. The minimum Gasteiger partial charge on any atom is -0.457 e. The lowest BCUT2D eigenvalue weighted by atomic mass is 10.2. The van der Waals surface area contributed by atoms with Crippen LogP contribution in [0.1, 0.15) is 10.6 Å². The van der Waals surface area contributed by atoms with Crippen molar-refractivity contribution in [2.45, 2.75) is 0 Å². The quantitative estimate of drug-likeness (QED) is 0.421. The van der Waals surface area contributed by atoms with E-state index in [2.05, 4.69) is 10.2 Å². The number of carbonyl (C=O) groups excluding carboxylic acids is 1. The van der Waals surface area contributed by atoms with Crippen molar-refractivity contribution in [1.82, 2.24) is 14.8 Å². The van der Waals surface area contributed by atoms with Gasteiger partial charge >= 0.3 is 5.97 Å². The zero-order valence-electron chi connectivity index (χ0n) is 13.1. The molecule has 0 N–H and O–H groups in total. The van der Waals surface area contributed by atoms with Gasteiger partial charge in [-0.2, -0.15) is 0 Å². The molecule has 6 nitrogen and oxygen atoms in total. The van der Waals surface area contributed by atoms with Crippen LogP contribution in [-0.4, -0.2) is 20.7 Å². The van der Waals surface area contributed by atoms with Crippen molar-refractivity contribution in [3.05, 3.63) is 85.1 Å². The molecule has 6 heteroatoms. The molecule has 2 heterocycles. The van der Waals surface area contributed by atoms with E-state index in [0.29, 0.717) is 17.1 Å². The molecule has 0 aliphatic carbocycles. The summed E-state index contributed by atoms with van der Waals surface area (Å²) in [5.41, 5.74) is 1.57. The smallest absolute Gasteiger partial charge is 0.379 e. The Bertz CT molecular complexity index is 992. The number of furan rings is 1. The van der Waals surface area contributed by atoms with E-state index < -0.39 is 5.97 Å². The Hall–Kier alpha value is -3.67. The van der Waals surface area contributed by atoms with Gasteiger partial charge in [-0.25, -0.2) is 4.79 Å². The number of benzene rings is 2. The van der Waals surface area contributed by atoms with Crippen LogP contribution in [0.5, 0.6) is 5.75 Å². The topological polar surface area (TPSA) is 70.2 Å². The van der Waals surface area contributed by atoms with Crippen LogP contribution in [-0.2, 0) is 0 Å². The maximum Gasteiger partial charge on any atom is 0.379 e. The Morgan fingerprint density at radius 2 is 1.76 bits per heavy atom. The van der Waals surface area contributed by atoms with Crippen LogP contribution in [0.25, 0.3) is 17.1 Å². The lowest BCUT2D eigenvalue weighted by Crippen LogP contribution is -2.08. The van der Waals surface area contributed by atoms with Gasteiger partial charge in [0, 0.05) is 5.69 Å². The fraction of sp³-hybridized carbons (Fsp3) is 0. The molecule has 0 radical (unpaired) electrons. The fourth-order valence-electron chi connectivity index (χ4n) is 2.48. The van der Waals surface area contributed by atoms with Crippen LogP contribution in [0.4, 0.5) is 0 Å². The van der Waals surface area contributed by atoms with Gasteiger partial charge in [0.25, 0.3) is 0 Å². The number of ether oxygens (including phenoxy) is 1. The molecule has 0 unspecified atom stereocenters. The van der Waals surface area contributed by atoms with Crippen LogP contribution in [0, 0.1) is 0 Å². The van der Waals surface area contributed by atoms with Crippen molar-refractivity contribution in [2.24, 2.45) is 0 Å². The van der Waals surface area contributed by atoms with Crippen molar-refractivity contribution in [2.75, 3.05) is 0 Å². The Balaban J connectivity index is 1.73. The predicted octanol–water partition coefficient (Wildman–Crippen LogP) is 3.75. The third kappa shape index (κ3) is 2.92. The van der Waals surface area contributed by atoms with Gasteiger partial charge in [-0.3, -0.25) is 4.57 Å². The largest absolute Gasteiger partial charge is 0.457 e. The molecule has 0 atom stereocenters. The third-order valence-corrected chi connectivity index (χ3v) is 3.64. The fourth-order valence-corrected chi connectivity index (χ4v) is 2.48. The van der Waals surface area contributed by atoms with Gasteiger partial charge in [-0.15, -0.1) is 10.2 Å². The van der Waals surface area contributed by atoms with Gasteiger partial charge in [0.05, 0.1) is 11.8 Å². The van der Waals surface area contributed by atoms with Crippen LogP contribution in [0.3, 0.4) is 0 Å². The molecule has 2 aromatic carbocycles. The molecular formula is C19H13N3O3. The summed E-state index contributed by atoms with van der Waals surface area (Å²) in [5.74, 6) is 0.533. The molecule has 0 aliphatic heterocycles. The minimum absolute atomic E-state index is 0.138. The molecule has 2 aromatic heterocycles. The van der Waals surface area contributed by atoms with Gasteiger partial charge < -0.3 is 9.15 Å². The van der Waals surface area contributed by atoms with Gasteiger partial charge in [0.1, 0.15) is 12.1 Å². The van der Waals surface area contributed by atoms with Crippen molar-refractivity contribution >= 4 is 5.97 Å². The highest BCUT2D eigenvalue weighted by Gasteiger charge is 2.18. The van der Waals surface area contributed by atoms with E-state index in [9.17, 15) is 4.79 Å². The first kappa shape index (κ1) is 14.9. The second kappa shape index (κ2) is 6.45. The summed E-state index contributed by atoms with van der Waals surface area (Å²) in [6.45, 7) is 0. The molecule has 25 heavy (non-hydrogen) atoms. The Labute approximate surface area is 143 Å². The van der Waals surface area contributed by atoms with E-state index in [1.165, 1.54) is 6.26 Å². The number of rotatable bonds is 4. The van der Waals surface area contributed by atoms with E-state index in [-0.39, 0.29) is 5.76 Å². The Kier molecular flexibility index (Phi) is 3.84. The van der Waals surface area contributed by atoms with Crippen molar-refractivity contribution in [1.29, 1.82) is 0 Å². The lowest BCUT2D eigenvalue weighted by molar-refractivity contribution is 0.0702. The maximum absolute atomic E-state index is 12.2. The van der Waals surface area contributed by atoms with Crippen LogP contribution >= 0.6 is 0 Å². The summed E-state index contributed by atoms with van der Waals surface area (Å²) in [7, 11) is 0. The van der Waals surface area contributed by atoms with Crippen LogP contribution < -0.4 is 4.74 Å². The van der Waals surface area contributed by atoms with E-state index in [1.807, 2.05) is 47.0 Å². The molecule has 0 spiro atoms. The Morgan fingerprint density at radius 3 is 2.56 bits per heavy atom. The summed E-state index contributed by atoms with van der Waals surface area (Å²) < 4.78 is 12.4. The third-order valence-electron chi connectivity index (χ3n) is 3.64. The average molecular weight is 331 g/mol. The molecular weight excluding hydrogens is 318 g/mol. The number of hydrogen-bond donors (Lipinski definition) is 0. The predicted molar refractivity (Wildman–Crippen MR) is 90.5 cm³/mol. The van der Waals surface area contributed by atoms with Crippen molar-refractivity contribution in [3.63, 3.8) is 0 Å². The molecule has 0 amide bonds. The second-order valence-electron chi connectivity index (χ2n) is 5.22. The summed E-state index contributed by atoms with van der Waals surface area (Å²) in [6.07, 6.45) is 3.05. The van der Waals surface area contributed by atoms with E-state index in [0.717, 1.165) is 5.69 Å². The maximum atomic E-state index is 12.2. The van der Waals surface area contributed by atoms with Crippen molar-refractivity contribution in [3.8, 4) is 22.8 Å². The van der Waals surface area contributed by atoms with Crippen LogP contribution in [0.2, 0.25) is 0 Å². The van der Waals surface area contributed by atoms with E-state index >= 15 is 0 Å². The molecule has 4 rings (SSSR count). The number of esters is 1. The summed E-state index contributed by atoms with van der Waals surface area (Å²) >= 11 is 0. The SMILES string of the molecule is O=C(Oc1ccccc1-c1nncn1-c1ccccc1)c1ccco1. The highest BCUT2D eigenvalue weighted by Crippen LogP contribution is 2.30. The first-order valence-corrected chi connectivity index (χ1v) is 7.63. The highest BCUT2D eigenvalue weighted by atomic mass is 16.5. The molecule has 0 fully saturated rings.